The van der Waals surface area contributed by atoms with E-state index in [4.69, 9.17) is 0 Å². The van der Waals surface area contributed by atoms with Crippen molar-refractivity contribution in [1.29, 1.82) is 0 Å². The summed E-state index contributed by atoms with van der Waals surface area (Å²) in [7, 11) is 2.21. The van der Waals surface area contributed by atoms with Crippen molar-refractivity contribution >= 4 is 0 Å². The van der Waals surface area contributed by atoms with E-state index >= 15 is 0 Å². The summed E-state index contributed by atoms with van der Waals surface area (Å²) in [5, 5.41) is 3.64. The summed E-state index contributed by atoms with van der Waals surface area (Å²) in [6.45, 7) is 11.3. The first-order chi connectivity index (χ1) is 9.20. The van der Waals surface area contributed by atoms with Gasteiger partial charge in [-0.15, -0.1) is 0 Å². The van der Waals surface area contributed by atoms with Crippen LogP contribution >= 0.6 is 0 Å². The Hall–Kier alpha value is -0.900. The molecule has 2 rings (SSSR count). The zero-order chi connectivity index (χ0) is 13.7. The van der Waals surface area contributed by atoms with Gasteiger partial charge in [-0.25, -0.2) is 0 Å². The van der Waals surface area contributed by atoms with Crippen LogP contribution in [0.2, 0.25) is 0 Å². The highest BCUT2D eigenvalue weighted by Gasteiger charge is 2.19. The van der Waals surface area contributed by atoms with Gasteiger partial charge in [-0.2, -0.15) is 0 Å². The number of benzene rings is 1. The second-order valence-corrected chi connectivity index (χ2v) is 5.57. The number of rotatable bonds is 5. The maximum atomic E-state index is 3.64. The molecule has 1 atom stereocenters. The first-order valence-corrected chi connectivity index (χ1v) is 7.40. The summed E-state index contributed by atoms with van der Waals surface area (Å²) in [5.41, 5.74) is 2.84. The SMILES string of the molecule is CCNC(CN1CCN(C)CC1)c1ccccc1C. The number of nitrogens with zero attached hydrogens (tertiary/aromatic N) is 2. The van der Waals surface area contributed by atoms with Gasteiger partial charge in [0.25, 0.3) is 0 Å². The number of hydrogen-bond donors (Lipinski definition) is 1. The van der Waals surface area contributed by atoms with Crippen molar-refractivity contribution in [2.24, 2.45) is 0 Å². The van der Waals surface area contributed by atoms with E-state index < -0.39 is 0 Å². The van der Waals surface area contributed by atoms with Gasteiger partial charge >= 0.3 is 0 Å². The molecule has 1 N–H and O–H groups in total. The molecule has 1 unspecified atom stereocenters. The van der Waals surface area contributed by atoms with Gasteiger partial charge in [0.2, 0.25) is 0 Å². The molecule has 106 valence electrons. The third-order valence-electron chi connectivity index (χ3n) is 4.05. The number of hydrogen-bond acceptors (Lipinski definition) is 3. The summed E-state index contributed by atoms with van der Waals surface area (Å²) >= 11 is 0. The molecule has 0 bridgehead atoms. The fourth-order valence-corrected chi connectivity index (χ4v) is 2.79. The quantitative estimate of drug-likeness (QED) is 0.873. The minimum Gasteiger partial charge on any atom is -0.309 e. The largest absolute Gasteiger partial charge is 0.309 e. The fourth-order valence-electron chi connectivity index (χ4n) is 2.79. The molecule has 1 aromatic rings. The molecular weight excluding hydrogens is 234 g/mol. The highest BCUT2D eigenvalue weighted by molar-refractivity contribution is 5.29. The van der Waals surface area contributed by atoms with Crippen LogP contribution in [0.1, 0.15) is 24.1 Å². The van der Waals surface area contributed by atoms with E-state index in [0.29, 0.717) is 6.04 Å². The Kier molecular flexibility index (Phi) is 5.37. The highest BCUT2D eigenvalue weighted by atomic mass is 15.3. The molecule has 0 spiro atoms. The predicted molar refractivity (Wildman–Crippen MR) is 81.5 cm³/mol. The Bertz CT molecular complexity index is 383. The lowest BCUT2D eigenvalue weighted by Crippen LogP contribution is -2.47. The predicted octanol–water partition coefficient (Wildman–Crippen LogP) is 1.89. The van der Waals surface area contributed by atoms with Gasteiger partial charge in [0, 0.05) is 38.8 Å². The lowest BCUT2D eigenvalue weighted by molar-refractivity contribution is 0.142. The van der Waals surface area contributed by atoms with E-state index in [-0.39, 0.29) is 0 Å². The maximum Gasteiger partial charge on any atom is 0.0451 e. The lowest BCUT2D eigenvalue weighted by atomic mass is 10.0. The van der Waals surface area contributed by atoms with Crippen LogP contribution in [0.25, 0.3) is 0 Å². The monoisotopic (exact) mass is 261 g/mol. The number of likely N-dealkylation sites (N-methyl/N-ethyl adjacent to an activating group) is 2. The normalized spacial score (nSPS) is 19.5. The third-order valence-corrected chi connectivity index (χ3v) is 4.05. The minimum atomic E-state index is 0.453. The summed E-state index contributed by atoms with van der Waals surface area (Å²) in [5.74, 6) is 0. The minimum absolute atomic E-state index is 0.453. The molecule has 0 aromatic heterocycles. The molecule has 1 aliphatic heterocycles. The van der Waals surface area contributed by atoms with E-state index in [2.05, 4.69) is 60.3 Å². The van der Waals surface area contributed by atoms with Gasteiger partial charge in [-0.1, -0.05) is 31.2 Å². The standard InChI is InChI=1S/C16H27N3/c1-4-17-16(15-8-6-5-7-14(15)2)13-19-11-9-18(3)10-12-19/h5-8,16-17H,4,9-13H2,1-3H3. The van der Waals surface area contributed by atoms with E-state index in [0.717, 1.165) is 13.1 Å². The smallest absolute Gasteiger partial charge is 0.0451 e. The molecule has 3 heteroatoms. The molecular formula is C16H27N3. The van der Waals surface area contributed by atoms with Crippen LogP contribution in [0.15, 0.2) is 24.3 Å². The van der Waals surface area contributed by atoms with Crippen molar-refractivity contribution < 1.29 is 0 Å². The summed E-state index contributed by atoms with van der Waals surface area (Å²) in [6, 6.07) is 9.20. The molecule has 1 heterocycles. The Labute approximate surface area is 117 Å². The average Bonchev–Trinajstić information content (AvgIpc) is 2.41. The lowest BCUT2D eigenvalue weighted by Gasteiger charge is -2.35. The highest BCUT2D eigenvalue weighted by Crippen LogP contribution is 2.19. The van der Waals surface area contributed by atoms with Crippen LogP contribution in [0.4, 0.5) is 0 Å². The van der Waals surface area contributed by atoms with Gasteiger partial charge in [0.05, 0.1) is 0 Å². The third kappa shape index (κ3) is 4.03. The van der Waals surface area contributed by atoms with Crippen molar-refractivity contribution in [3.05, 3.63) is 35.4 Å². The number of nitrogens with one attached hydrogen (secondary N) is 1. The van der Waals surface area contributed by atoms with Crippen molar-refractivity contribution in [3.8, 4) is 0 Å². The number of piperazine rings is 1. The van der Waals surface area contributed by atoms with Crippen LogP contribution in [-0.2, 0) is 0 Å². The Morgan fingerprint density at radius 3 is 2.47 bits per heavy atom. The number of aryl methyl sites for hydroxylation is 1. The van der Waals surface area contributed by atoms with Gasteiger partial charge in [0.15, 0.2) is 0 Å². The van der Waals surface area contributed by atoms with Crippen molar-refractivity contribution in [2.45, 2.75) is 19.9 Å². The van der Waals surface area contributed by atoms with Crippen LogP contribution in [0.3, 0.4) is 0 Å². The van der Waals surface area contributed by atoms with Crippen molar-refractivity contribution in [1.82, 2.24) is 15.1 Å². The molecule has 19 heavy (non-hydrogen) atoms. The Morgan fingerprint density at radius 1 is 1.16 bits per heavy atom. The average molecular weight is 261 g/mol. The Morgan fingerprint density at radius 2 is 1.84 bits per heavy atom. The first-order valence-electron chi connectivity index (χ1n) is 7.40. The zero-order valence-corrected chi connectivity index (χ0v) is 12.5. The second-order valence-electron chi connectivity index (χ2n) is 5.57. The molecule has 0 saturated carbocycles. The van der Waals surface area contributed by atoms with Crippen LogP contribution in [0, 0.1) is 6.92 Å². The van der Waals surface area contributed by atoms with Crippen LogP contribution in [0.5, 0.6) is 0 Å². The molecule has 0 radical (unpaired) electrons. The Balaban J connectivity index is 2.02. The maximum absolute atomic E-state index is 3.64. The van der Waals surface area contributed by atoms with E-state index in [1.54, 1.807) is 0 Å². The molecule has 1 fully saturated rings. The van der Waals surface area contributed by atoms with Gasteiger partial charge in [-0.3, -0.25) is 4.90 Å². The molecule has 3 nitrogen and oxygen atoms in total. The van der Waals surface area contributed by atoms with E-state index in [1.165, 1.54) is 37.3 Å². The van der Waals surface area contributed by atoms with E-state index in [9.17, 15) is 0 Å². The molecule has 1 aromatic carbocycles. The van der Waals surface area contributed by atoms with Crippen LogP contribution in [-0.4, -0.2) is 56.1 Å². The second kappa shape index (κ2) is 7.04. The fraction of sp³-hybridized carbons (Fsp3) is 0.625. The first kappa shape index (κ1) is 14.5. The molecule has 1 saturated heterocycles. The molecule has 0 aliphatic carbocycles. The van der Waals surface area contributed by atoms with Crippen molar-refractivity contribution in [3.63, 3.8) is 0 Å². The van der Waals surface area contributed by atoms with Gasteiger partial charge in [0.1, 0.15) is 0 Å². The van der Waals surface area contributed by atoms with E-state index in [1.807, 2.05) is 0 Å². The van der Waals surface area contributed by atoms with Crippen molar-refractivity contribution in [2.75, 3.05) is 46.3 Å². The molecule has 0 amide bonds. The zero-order valence-electron chi connectivity index (χ0n) is 12.5. The van der Waals surface area contributed by atoms with Crippen LogP contribution < -0.4 is 5.32 Å². The summed E-state index contributed by atoms with van der Waals surface area (Å²) in [6.07, 6.45) is 0. The van der Waals surface area contributed by atoms with Gasteiger partial charge in [-0.05, 0) is 31.6 Å². The summed E-state index contributed by atoms with van der Waals surface area (Å²) in [4.78, 5) is 4.99. The topological polar surface area (TPSA) is 18.5 Å². The van der Waals surface area contributed by atoms with Gasteiger partial charge < -0.3 is 10.2 Å². The molecule has 1 aliphatic rings. The summed E-state index contributed by atoms with van der Waals surface area (Å²) < 4.78 is 0.